The molecule has 1 aliphatic heterocycles. The first kappa shape index (κ1) is 21.2. The predicted octanol–water partition coefficient (Wildman–Crippen LogP) is 3.93. The van der Waals surface area contributed by atoms with Crippen LogP contribution in [0.15, 0.2) is 36.7 Å². The Labute approximate surface area is 183 Å². The van der Waals surface area contributed by atoms with Crippen molar-refractivity contribution in [1.82, 2.24) is 19.8 Å². The third kappa shape index (κ3) is 4.82. The van der Waals surface area contributed by atoms with Crippen LogP contribution in [0, 0.1) is 0 Å². The van der Waals surface area contributed by atoms with Gasteiger partial charge in [0.25, 0.3) is 5.91 Å². The van der Waals surface area contributed by atoms with Crippen LogP contribution < -0.4 is 10.1 Å². The van der Waals surface area contributed by atoms with Crippen LogP contribution in [-0.4, -0.2) is 59.5 Å². The Hall–Kier alpha value is -3.06. The molecule has 31 heavy (non-hydrogen) atoms. The topological polar surface area (TPSA) is 73.5 Å². The summed E-state index contributed by atoms with van der Waals surface area (Å²) < 4.78 is 6.00. The molecule has 3 heterocycles. The second-order valence-electron chi connectivity index (χ2n) is 8.29. The largest absolute Gasteiger partial charge is 0.483 e. The van der Waals surface area contributed by atoms with Crippen LogP contribution in [0.25, 0.3) is 11.0 Å². The number of aryl methyl sites for hydroxylation is 1. The maximum atomic E-state index is 12.6. The Balaban J connectivity index is 1.74. The summed E-state index contributed by atoms with van der Waals surface area (Å²) in [5.74, 6) is 0.763. The Morgan fingerprint density at radius 3 is 2.90 bits per heavy atom. The summed E-state index contributed by atoms with van der Waals surface area (Å²) in [5, 5.41) is 4.65. The van der Waals surface area contributed by atoms with E-state index in [0.717, 1.165) is 66.1 Å². The molecule has 7 heteroatoms. The highest BCUT2D eigenvalue weighted by Crippen LogP contribution is 2.31. The number of ether oxygens (including phenoxy) is 1. The lowest BCUT2D eigenvalue weighted by molar-refractivity contribution is -0.132. The summed E-state index contributed by atoms with van der Waals surface area (Å²) in [7, 11) is 3.95. The zero-order chi connectivity index (χ0) is 21.8. The van der Waals surface area contributed by atoms with Gasteiger partial charge in [0.2, 0.25) is 0 Å². The van der Waals surface area contributed by atoms with Crippen molar-refractivity contribution in [3.05, 3.63) is 47.8 Å². The number of nitrogens with one attached hydrogen (secondary N) is 2. The van der Waals surface area contributed by atoms with Crippen LogP contribution in [0.4, 0.5) is 11.4 Å². The molecular formula is C24H31N5O2. The number of hydrogen-bond acceptors (Lipinski definition) is 5. The second kappa shape index (κ2) is 9.39. The first-order chi connectivity index (χ1) is 15.0. The molecule has 0 unspecified atom stereocenters. The van der Waals surface area contributed by atoms with Crippen LogP contribution in [-0.2, 0) is 17.8 Å². The van der Waals surface area contributed by atoms with Crippen molar-refractivity contribution >= 4 is 28.3 Å². The fourth-order valence-corrected chi connectivity index (χ4v) is 4.07. The van der Waals surface area contributed by atoms with Crippen LogP contribution in [0.3, 0.4) is 0 Å². The number of nitrogens with zero attached hydrogens (tertiary/aromatic N) is 3. The van der Waals surface area contributed by atoms with Gasteiger partial charge in [0.05, 0.1) is 5.69 Å². The van der Waals surface area contributed by atoms with E-state index in [2.05, 4.69) is 46.3 Å². The van der Waals surface area contributed by atoms with Crippen LogP contribution >= 0.6 is 0 Å². The summed E-state index contributed by atoms with van der Waals surface area (Å²) >= 11 is 0. The van der Waals surface area contributed by atoms with Gasteiger partial charge in [0.1, 0.15) is 11.4 Å². The second-order valence-corrected chi connectivity index (χ2v) is 8.29. The van der Waals surface area contributed by atoms with E-state index in [9.17, 15) is 4.79 Å². The molecule has 0 aliphatic carbocycles. The minimum atomic E-state index is -0.000629. The Morgan fingerprint density at radius 1 is 1.19 bits per heavy atom. The zero-order valence-electron chi connectivity index (χ0n) is 18.6. The number of amides is 1. The summed E-state index contributed by atoms with van der Waals surface area (Å²) in [4.78, 5) is 24.4. The number of hydrogen-bond donors (Lipinski definition) is 2. The minimum Gasteiger partial charge on any atom is -0.483 e. The summed E-state index contributed by atoms with van der Waals surface area (Å²) in [5.41, 5.74) is 5.12. The third-order valence-corrected chi connectivity index (χ3v) is 5.77. The van der Waals surface area contributed by atoms with Crippen molar-refractivity contribution in [3.8, 4) is 5.75 Å². The molecule has 4 rings (SSSR count). The number of rotatable bonds is 2. The average Bonchev–Trinajstić information content (AvgIpc) is 3.16. The van der Waals surface area contributed by atoms with E-state index in [0.29, 0.717) is 6.54 Å². The Morgan fingerprint density at radius 2 is 2.06 bits per heavy atom. The van der Waals surface area contributed by atoms with Crippen molar-refractivity contribution in [3.63, 3.8) is 0 Å². The van der Waals surface area contributed by atoms with Crippen LogP contribution in [0.5, 0.6) is 5.75 Å². The van der Waals surface area contributed by atoms with Gasteiger partial charge in [-0.1, -0.05) is 19.4 Å². The lowest BCUT2D eigenvalue weighted by atomic mass is 10.1. The fourth-order valence-electron chi connectivity index (χ4n) is 4.07. The molecule has 7 nitrogen and oxygen atoms in total. The number of anilines is 2. The molecule has 1 amide bonds. The van der Waals surface area contributed by atoms with Crippen molar-refractivity contribution in [2.24, 2.45) is 0 Å². The maximum Gasteiger partial charge on any atom is 0.260 e. The molecule has 2 aromatic heterocycles. The molecule has 0 fully saturated rings. The molecule has 164 valence electrons. The van der Waals surface area contributed by atoms with Crippen molar-refractivity contribution in [2.75, 3.05) is 39.1 Å². The molecule has 2 bridgehead atoms. The van der Waals surface area contributed by atoms with Gasteiger partial charge in [-0.05, 0) is 49.7 Å². The number of carbonyl (C=O) groups excluding carboxylic acids is 1. The highest BCUT2D eigenvalue weighted by Gasteiger charge is 2.16. The summed E-state index contributed by atoms with van der Waals surface area (Å²) in [6.45, 7) is 4.60. The monoisotopic (exact) mass is 421 g/mol. The smallest absolute Gasteiger partial charge is 0.260 e. The Bertz CT molecular complexity index is 1060. The van der Waals surface area contributed by atoms with Gasteiger partial charge in [0, 0.05) is 49.7 Å². The van der Waals surface area contributed by atoms with E-state index in [1.807, 2.05) is 31.6 Å². The van der Waals surface area contributed by atoms with E-state index in [-0.39, 0.29) is 12.5 Å². The lowest BCUT2D eigenvalue weighted by Gasteiger charge is -2.22. The number of aromatic amines is 1. The van der Waals surface area contributed by atoms with E-state index in [1.54, 1.807) is 4.90 Å². The molecule has 0 atom stereocenters. The molecule has 0 saturated carbocycles. The van der Waals surface area contributed by atoms with Gasteiger partial charge in [0.15, 0.2) is 6.61 Å². The van der Waals surface area contributed by atoms with Crippen molar-refractivity contribution < 1.29 is 9.53 Å². The minimum absolute atomic E-state index is 0.000629. The summed E-state index contributed by atoms with van der Waals surface area (Å²) in [6, 6.07) is 8.15. The highest BCUT2D eigenvalue weighted by atomic mass is 16.5. The molecule has 1 aliphatic rings. The van der Waals surface area contributed by atoms with E-state index in [4.69, 9.17) is 4.74 Å². The summed E-state index contributed by atoms with van der Waals surface area (Å²) in [6.07, 6.45) is 6.68. The van der Waals surface area contributed by atoms with Crippen molar-refractivity contribution in [1.29, 1.82) is 0 Å². The van der Waals surface area contributed by atoms with E-state index < -0.39 is 0 Å². The zero-order valence-corrected chi connectivity index (χ0v) is 18.6. The molecule has 2 N–H and O–H groups in total. The highest BCUT2D eigenvalue weighted by molar-refractivity contribution is 5.94. The van der Waals surface area contributed by atoms with E-state index >= 15 is 0 Å². The van der Waals surface area contributed by atoms with Gasteiger partial charge in [-0.3, -0.25) is 4.79 Å². The van der Waals surface area contributed by atoms with Crippen molar-refractivity contribution in [2.45, 2.75) is 32.7 Å². The number of aromatic nitrogens is 2. The van der Waals surface area contributed by atoms with Gasteiger partial charge in [-0.2, -0.15) is 0 Å². The molecule has 1 aromatic carbocycles. The molecular weight excluding hydrogens is 390 g/mol. The first-order valence-electron chi connectivity index (χ1n) is 11.0. The fraction of sp³-hybridized carbons (Fsp3) is 0.417. The number of fused-ring (bicyclic) bond motifs is 2. The molecule has 0 saturated heterocycles. The van der Waals surface area contributed by atoms with Crippen LogP contribution in [0.2, 0.25) is 0 Å². The molecule has 0 spiro atoms. The average molecular weight is 422 g/mol. The number of carbonyl (C=O) groups is 1. The van der Waals surface area contributed by atoms with Crippen LogP contribution in [0.1, 0.15) is 30.9 Å². The van der Waals surface area contributed by atoms with Gasteiger partial charge >= 0.3 is 0 Å². The normalized spacial score (nSPS) is 16.2. The lowest BCUT2D eigenvalue weighted by Crippen LogP contribution is -2.34. The standard InChI is InChI=1S/C24H31N5O2/c1-4-6-17-7-8-19-13-21(17)31-16-22(30)29(3)12-5-11-28(2)15-18-14-26-24-23(18)20(27-19)9-10-25-24/h7-10,13-14,27H,4-6,11-12,15-16H2,1-3H3,(H,25,26). The quantitative estimate of drug-likeness (QED) is 0.656. The number of H-pyrrole nitrogens is 1. The number of pyridine rings is 1. The number of likely N-dealkylation sites (N-methyl/N-ethyl adjacent to an activating group) is 1. The predicted molar refractivity (Wildman–Crippen MR) is 124 cm³/mol. The van der Waals surface area contributed by atoms with Gasteiger partial charge in [-0.15, -0.1) is 0 Å². The van der Waals surface area contributed by atoms with E-state index in [1.165, 1.54) is 5.56 Å². The first-order valence-corrected chi connectivity index (χ1v) is 11.0. The number of benzene rings is 1. The maximum absolute atomic E-state index is 12.6. The SMILES string of the molecule is CCCc1ccc2cc1OCC(=O)N(C)CCCN(C)Cc1c[nH]c3nccc(c13)N2. The third-order valence-electron chi connectivity index (χ3n) is 5.77. The Kier molecular flexibility index (Phi) is 6.42. The van der Waals surface area contributed by atoms with Gasteiger partial charge < -0.3 is 24.8 Å². The molecule has 0 radical (unpaired) electrons. The van der Waals surface area contributed by atoms with Gasteiger partial charge in [-0.25, -0.2) is 4.98 Å². The molecule has 3 aromatic rings.